The van der Waals surface area contributed by atoms with Crippen molar-refractivity contribution in [1.82, 2.24) is 20.3 Å². The number of nitrogens with zero attached hydrogens (tertiary/aromatic N) is 3. The van der Waals surface area contributed by atoms with Gasteiger partial charge in [0.1, 0.15) is 18.4 Å². The number of nitrogens with one attached hydrogen (secondary N) is 1. The number of fused-ring (bicyclic) bond motifs is 7. The van der Waals surface area contributed by atoms with Gasteiger partial charge in [0, 0.05) is 23.9 Å². The number of ether oxygens (including phenoxy) is 3. The molecule has 1 aromatic heterocycles. The highest BCUT2D eigenvalue weighted by Gasteiger charge is 2.69. The molecule has 0 radical (unpaired) electrons. The number of aromatic nitrogens is 3. The van der Waals surface area contributed by atoms with Crippen LogP contribution in [0.15, 0.2) is 54.2 Å². The highest BCUT2D eigenvalue weighted by molar-refractivity contribution is 6.35. The van der Waals surface area contributed by atoms with Gasteiger partial charge in [-0.05, 0) is 140 Å². The lowest BCUT2D eigenvalue weighted by atomic mass is 9.33. The molecule has 4 unspecified atom stereocenters. The Morgan fingerprint density at radius 2 is 1.67 bits per heavy atom. The zero-order chi connectivity index (χ0) is 43.0. The summed E-state index contributed by atoms with van der Waals surface area (Å²) in [4.78, 5) is 27.0. The van der Waals surface area contributed by atoms with Gasteiger partial charge in [-0.3, -0.25) is 9.59 Å². The molecule has 0 spiro atoms. The number of halogens is 2. The Bertz CT molecular complexity index is 2200. The Morgan fingerprint density at radius 1 is 0.900 bits per heavy atom. The summed E-state index contributed by atoms with van der Waals surface area (Å²) in [5.41, 5.74) is 3.75. The molecule has 0 bridgehead atoms. The average Bonchev–Trinajstić information content (AvgIpc) is 3.66. The minimum absolute atomic E-state index is 0.0168. The molecule has 8 atom stereocenters. The summed E-state index contributed by atoms with van der Waals surface area (Å²) < 4.78 is 19.5. The van der Waals surface area contributed by atoms with Crippen molar-refractivity contribution in [2.75, 3.05) is 7.11 Å². The van der Waals surface area contributed by atoms with Gasteiger partial charge in [-0.15, -0.1) is 5.10 Å². The van der Waals surface area contributed by atoms with Gasteiger partial charge in [0.15, 0.2) is 11.5 Å². The third kappa shape index (κ3) is 7.06. The molecule has 5 aliphatic carbocycles. The molecule has 1 heterocycles. The molecule has 1 N–H and O–H groups in total. The summed E-state index contributed by atoms with van der Waals surface area (Å²) in [7, 11) is 1.63. The van der Waals surface area contributed by atoms with Crippen molar-refractivity contribution in [2.24, 2.45) is 50.2 Å². The van der Waals surface area contributed by atoms with Crippen LogP contribution in [0.3, 0.4) is 0 Å². The topological polar surface area (TPSA) is 105 Å². The van der Waals surface area contributed by atoms with Gasteiger partial charge >= 0.3 is 5.97 Å². The Labute approximate surface area is 366 Å². The van der Waals surface area contributed by atoms with Crippen molar-refractivity contribution < 1.29 is 23.8 Å². The summed E-state index contributed by atoms with van der Waals surface area (Å²) in [6, 6.07) is 11.0. The molecule has 2 aromatic carbocycles. The molecule has 324 valence electrons. The second kappa shape index (κ2) is 15.4. The number of rotatable bonds is 9. The summed E-state index contributed by atoms with van der Waals surface area (Å²) in [5.74, 6) is 2.41. The summed E-state index contributed by atoms with van der Waals surface area (Å²) >= 11 is 12.4. The highest BCUT2D eigenvalue weighted by atomic mass is 35.5. The summed E-state index contributed by atoms with van der Waals surface area (Å²) in [5, 5.41) is 12.9. The number of methoxy groups -OCH3 is 1. The summed E-state index contributed by atoms with van der Waals surface area (Å²) in [6.07, 6.45) is 14.6. The fourth-order valence-electron chi connectivity index (χ4n) is 13.6. The van der Waals surface area contributed by atoms with E-state index in [1.54, 1.807) is 48.7 Å². The molecule has 4 fully saturated rings. The van der Waals surface area contributed by atoms with E-state index < -0.39 is 5.41 Å². The Hall–Kier alpha value is -3.56. The number of carbonyl (C=O) groups is 2. The third-order valence-electron chi connectivity index (χ3n) is 17.1. The van der Waals surface area contributed by atoms with E-state index in [-0.39, 0.29) is 57.6 Å². The fourth-order valence-corrected chi connectivity index (χ4v) is 14.1. The largest absolute Gasteiger partial charge is 0.493 e. The van der Waals surface area contributed by atoms with Gasteiger partial charge < -0.3 is 19.5 Å². The van der Waals surface area contributed by atoms with Crippen LogP contribution in [-0.2, 0) is 27.5 Å². The van der Waals surface area contributed by atoms with Gasteiger partial charge in [0.25, 0.3) is 0 Å². The third-order valence-corrected chi connectivity index (χ3v) is 17.6. The Kier molecular flexibility index (Phi) is 11.0. The van der Waals surface area contributed by atoms with Crippen LogP contribution in [0.1, 0.15) is 131 Å². The predicted octanol–water partition coefficient (Wildman–Crippen LogP) is 11.5. The van der Waals surface area contributed by atoms with Crippen molar-refractivity contribution in [1.29, 1.82) is 0 Å². The number of hydrogen-bond acceptors (Lipinski definition) is 7. The molecule has 3 aromatic rings. The molecule has 0 aliphatic heterocycles. The molecule has 0 saturated heterocycles. The van der Waals surface area contributed by atoms with Crippen molar-refractivity contribution >= 4 is 35.1 Å². The van der Waals surface area contributed by atoms with Gasteiger partial charge in [-0.25, -0.2) is 4.68 Å². The van der Waals surface area contributed by atoms with Crippen molar-refractivity contribution in [3.63, 3.8) is 0 Å². The van der Waals surface area contributed by atoms with Crippen LogP contribution in [0.5, 0.6) is 11.5 Å². The zero-order valence-electron chi connectivity index (χ0n) is 37.1. The van der Waals surface area contributed by atoms with Gasteiger partial charge in [0.05, 0.1) is 29.4 Å². The normalized spacial score (nSPS) is 33.8. The number of allylic oxidation sites excluding steroid dienone is 2. The molecule has 11 heteroatoms. The van der Waals surface area contributed by atoms with Crippen LogP contribution >= 0.6 is 23.2 Å². The van der Waals surface area contributed by atoms with E-state index in [2.05, 4.69) is 70.2 Å². The number of esters is 1. The van der Waals surface area contributed by atoms with E-state index in [4.69, 9.17) is 37.4 Å². The van der Waals surface area contributed by atoms with E-state index in [0.29, 0.717) is 51.3 Å². The maximum Gasteiger partial charge on any atom is 0.302 e. The van der Waals surface area contributed by atoms with E-state index in [0.717, 1.165) is 69.8 Å². The lowest BCUT2D eigenvalue weighted by Crippen LogP contribution is -2.65. The number of benzene rings is 2. The smallest absolute Gasteiger partial charge is 0.302 e. The molecule has 60 heavy (non-hydrogen) atoms. The fraction of sp³-hybridized carbons (Fsp3) is 0.633. The van der Waals surface area contributed by atoms with Crippen LogP contribution in [0.2, 0.25) is 10.0 Å². The quantitative estimate of drug-likeness (QED) is 0.169. The molecular formula is C49H64Cl2N4O5. The first-order chi connectivity index (χ1) is 28.3. The second-order valence-electron chi connectivity index (χ2n) is 21.0. The lowest BCUT2D eigenvalue weighted by Gasteiger charge is -2.71. The predicted molar refractivity (Wildman–Crippen MR) is 235 cm³/mol. The number of amides is 1. The van der Waals surface area contributed by atoms with Crippen LogP contribution in [0.4, 0.5) is 0 Å². The lowest BCUT2D eigenvalue weighted by molar-refractivity contribution is -0.212. The monoisotopic (exact) mass is 858 g/mol. The first-order valence-corrected chi connectivity index (χ1v) is 22.8. The van der Waals surface area contributed by atoms with Crippen LogP contribution in [0, 0.1) is 50.2 Å². The maximum atomic E-state index is 14.9. The van der Waals surface area contributed by atoms with Gasteiger partial charge in [-0.2, -0.15) is 0 Å². The molecule has 4 saturated carbocycles. The minimum atomic E-state index is -0.434. The van der Waals surface area contributed by atoms with E-state index in [1.807, 2.05) is 18.2 Å². The second-order valence-corrected chi connectivity index (χ2v) is 21.9. The van der Waals surface area contributed by atoms with Crippen molar-refractivity contribution in [2.45, 2.75) is 139 Å². The molecule has 9 nitrogen and oxygen atoms in total. The molecule has 1 amide bonds. The number of hydrogen-bond donors (Lipinski definition) is 1. The SMILES string of the molecule is COc1cc(CNC(=O)[C@]23CCC(C)(C)CC2C2=CCC4[C@@]5(C)CCC(OC(C)=O)C(C)(C)C5CC[C@@]4(C)[C@]2(C)CC3)ccc1OCc1cn(-c2ccc(Cl)cc2Cl)nn1. The van der Waals surface area contributed by atoms with Gasteiger partial charge in [-0.1, -0.05) is 94.6 Å². The maximum absolute atomic E-state index is 14.9. The zero-order valence-corrected chi connectivity index (χ0v) is 38.6. The highest BCUT2D eigenvalue weighted by Crippen LogP contribution is 2.76. The minimum Gasteiger partial charge on any atom is -0.493 e. The standard InChI is InChI=1S/C49H64Cl2N4O5/c1-30(56)60-42-17-18-46(6)40(45(42,4)5)16-19-48(8)41(46)15-12-34-35-26-44(2,3)20-22-49(35,23-21-47(34,48)7)43(57)52-27-31-10-14-38(39(24-31)58-9)59-29-33-28-55(54-53-33)37-13-11-32(50)25-36(37)51/h10-14,24-25,28,35,40-42H,15-23,26-27,29H2,1-9H3,(H,52,57)/t35?,40?,41?,42?,46-,47+,48+,49-/m0/s1. The first-order valence-electron chi connectivity index (χ1n) is 22.1. The first kappa shape index (κ1) is 43.1. The van der Waals surface area contributed by atoms with E-state index in [1.165, 1.54) is 0 Å². The van der Waals surface area contributed by atoms with Gasteiger partial charge in [0.2, 0.25) is 5.91 Å². The molecule has 5 aliphatic rings. The Balaban J connectivity index is 0.988. The Morgan fingerprint density at radius 3 is 2.40 bits per heavy atom. The summed E-state index contributed by atoms with van der Waals surface area (Å²) in [6.45, 7) is 19.4. The van der Waals surface area contributed by atoms with Crippen molar-refractivity contribution in [3.05, 3.63) is 75.5 Å². The van der Waals surface area contributed by atoms with E-state index >= 15 is 0 Å². The van der Waals surface area contributed by atoms with Crippen LogP contribution in [0.25, 0.3) is 5.69 Å². The van der Waals surface area contributed by atoms with Crippen LogP contribution in [-0.4, -0.2) is 40.1 Å². The van der Waals surface area contributed by atoms with E-state index in [9.17, 15) is 9.59 Å². The number of carbonyl (C=O) groups excluding carboxylic acids is 2. The molecular weight excluding hydrogens is 795 g/mol. The average molecular weight is 860 g/mol. The van der Waals surface area contributed by atoms with Crippen LogP contribution < -0.4 is 14.8 Å². The van der Waals surface area contributed by atoms with Crippen molar-refractivity contribution in [3.8, 4) is 17.2 Å². The molecule has 8 rings (SSSR count).